The normalized spacial score (nSPS) is 13.1. The number of hydrogen-bond donors (Lipinski definition) is 3. The van der Waals surface area contributed by atoms with Crippen LogP contribution in [0.25, 0.3) is 0 Å². The fraction of sp³-hybridized carbons (Fsp3) is 0.767. The van der Waals surface area contributed by atoms with Crippen molar-refractivity contribution in [3.8, 4) is 0 Å². The summed E-state index contributed by atoms with van der Waals surface area (Å²) in [5.74, 6) is -0.959. The zero-order valence-corrected chi connectivity index (χ0v) is 22.9. The van der Waals surface area contributed by atoms with Crippen molar-refractivity contribution < 1.29 is 9.90 Å². The number of unbranched alkanes of at least 4 members (excludes halogenated alkanes) is 13. The summed E-state index contributed by atoms with van der Waals surface area (Å²) in [7, 11) is 0. The lowest BCUT2D eigenvalue weighted by atomic mass is 9.84. The van der Waals surface area contributed by atoms with E-state index in [0.29, 0.717) is 12.5 Å². The Balaban J connectivity index is 0.000000757. The molecule has 0 aromatic heterocycles. The molecule has 34 heavy (non-hydrogen) atoms. The van der Waals surface area contributed by atoms with E-state index in [1.165, 1.54) is 96.3 Å². The molecule has 0 spiro atoms. The van der Waals surface area contributed by atoms with Gasteiger partial charge in [0.1, 0.15) is 6.04 Å². The van der Waals surface area contributed by atoms with Crippen LogP contribution >= 0.6 is 0 Å². The van der Waals surface area contributed by atoms with Crippen LogP contribution in [0.1, 0.15) is 130 Å². The molecule has 0 aliphatic carbocycles. The molecule has 0 saturated heterocycles. The van der Waals surface area contributed by atoms with E-state index in [-0.39, 0.29) is 5.41 Å². The van der Waals surface area contributed by atoms with Gasteiger partial charge in [0.05, 0.1) is 0 Å². The third-order valence-electron chi connectivity index (χ3n) is 6.60. The predicted octanol–water partition coefficient (Wildman–Crippen LogP) is 7.87. The Morgan fingerprint density at radius 3 is 1.56 bits per heavy atom. The van der Waals surface area contributed by atoms with Crippen LogP contribution in [0.2, 0.25) is 0 Å². The van der Waals surface area contributed by atoms with Crippen molar-refractivity contribution in [1.29, 1.82) is 0 Å². The first-order chi connectivity index (χ1) is 16.2. The number of hydrogen-bond acceptors (Lipinski definition) is 3. The van der Waals surface area contributed by atoms with E-state index >= 15 is 0 Å². The molecule has 0 aliphatic rings. The van der Waals surface area contributed by atoms with Crippen LogP contribution < -0.4 is 11.5 Å². The van der Waals surface area contributed by atoms with Crippen molar-refractivity contribution >= 4 is 5.97 Å². The SMILES string of the molecule is CCCCCCCCCCCCCCCCC(N)C(C)(C)C.N[C@@H](Cc1ccccc1)C(=O)O. The Labute approximate surface area is 211 Å². The van der Waals surface area contributed by atoms with E-state index in [2.05, 4.69) is 27.7 Å². The minimum absolute atomic E-state index is 0.274. The van der Waals surface area contributed by atoms with Gasteiger partial charge in [0.25, 0.3) is 0 Å². The molecule has 0 saturated carbocycles. The number of aliphatic carboxylic acids is 1. The molecule has 0 amide bonds. The Bertz CT molecular complexity index is 583. The van der Waals surface area contributed by atoms with Crippen molar-refractivity contribution in [3.63, 3.8) is 0 Å². The van der Waals surface area contributed by atoms with Crippen molar-refractivity contribution in [2.75, 3.05) is 0 Å². The van der Waals surface area contributed by atoms with Gasteiger partial charge in [-0.25, -0.2) is 0 Å². The van der Waals surface area contributed by atoms with Gasteiger partial charge in [-0.15, -0.1) is 0 Å². The van der Waals surface area contributed by atoms with E-state index in [1.807, 2.05) is 30.3 Å². The topological polar surface area (TPSA) is 89.3 Å². The fourth-order valence-corrected chi connectivity index (χ4v) is 3.95. The molecular formula is C30H56N2O2. The lowest BCUT2D eigenvalue weighted by molar-refractivity contribution is -0.138. The maximum atomic E-state index is 10.4. The lowest BCUT2D eigenvalue weighted by Crippen LogP contribution is -2.34. The average Bonchev–Trinajstić information content (AvgIpc) is 2.79. The first kappa shape index (κ1) is 32.6. The van der Waals surface area contributed by atoms with Gasteiger partial charge in [0.2, 0.25) is 0 Å². The summed E-state index contributed by atoms with van der Waals surface area (Å²) in [6, 6.07) is 8.91. The van der Waals surface area contributed by atoms with Crippen LogP contribution in [-0.4, -0.2) is 23.2 Å². The Kier molecular flexibility index (Phi) is 20.1. The van der Waals surface area contributed by atoms with E-state index < -0.39 is 12.0 Å². The average molecular weight is 477 g/mol. The number of carboxylic acids is 1. The Hall–Kier alpha value is -1.39. The largest absolute Gasteiger partial charge is 0.480 e. The molecule has 0 radical (unpaired) electrons. The maximum absolute atomic E-state index is 10.4. The highest BCUT2D eigenvalue weighted by Crippen LogP contribution is 2.22. The second kappa shape index (κ2) is 20.9. The molecule has 0 fully saturated rings. The van der Waals surface area contributed by atoms with E-state index in [1.54, 1.807) is 0 Å². The first-order valence-electron chi connectivity index (χ1n) is 14.0. The molecular weight excluding hydrogens is 420 g/mol. The van der Waals surface area contributed by atoms with E-state index in [4.69, 9.17) is 16.6 Å². The van der Waals surface area contributed by atoms with Gasteiger partial charge < -0.3 is 16.6 Å². The first-order valence-corrected chi connectivity index (χ1v) is 14.0. The molecule has 0 bridgehead atoms. The number of carboxylic acid groups (broad SMARTS) is 1. The quantitative estimate of drug-likeness (QED) is 0.188. The highest BCUT2D eigenvalue weighted by molar-refractivity contribution is 5.73. The van der Waals surface area contributed by atoms with Crippen molar-refractivity contribution in [3.05, 3.63) is 35.9 Å². The predicted molar refractivity (Wildman–Crippen MR) is 148 cm³/mol. The molecule has 4 nitrogen and oxygen atoms in total. The third-order valence-corrected chi connectivity index (χ3v) is 6.60. The Morgan fingerprint density at radius 2 is 1.18 bits per heavy atom. The van der Waals surface area contributed by atoms with Gasteiger partial charge in [0.15, 0.2) is 0 Å². The van der Waals surface area contributed by atoms with Gasteiger partial charge in [-0.3, -0.25) is 4.79 Å². The molecule has 4 heteroatoms. The number of carbonyl (C=O) groups is 1. The maximum Gasteiger partial charge on any atom is 0.320 e. The van der Waals surface area contributed by atoms with Gasteiger partial charge in [-0.2, -0.15) is 0 Å². The van der Waals surface area contributed by atoms with Crippen LogP contribution in [0.3, 0.4) is 0 Å². The van der Waals surface area contributed by atoms with Gasteiger partial charge in [-0.1, -0.05) is 148 Å². The second-order valence-electron chi connectivity index (χ2n) is 11.0. The molecule has 1 aromatic carbocycles. The summed E-state index contributed by atoms with van der Waals surface area (Å²) in [5.41, 5.74) is 12.8. The summed E-state index contributed by atoms with van der Waals surface area (Å²) < 4.78 is 0. The van der Waals surface area contributed by atoms with Gasteiger partial charge >= 0.3 is 5.97 Å². The summed E-state index contributed by atoms with van der Waals surface area (Å²) in [6.07, 6.45) is 21.6. The smallest absolute Gasteiger partial charge is 0.320 e. The molecule has 0 heterocycles. The number of rotatable bonds is 18. The van der Waals surface area contributed by atoms with Crippen LogP contribution in [-0.2, 0) is 11.2 Å². The molecule has 2 atom stereocenters. The summed E-state index contributed by atoms with van der Waals surface area (Å²) in [5, 5.41) is 8.52. The molecule has 1 unspecified atom stereocenters. The van der Waals surface area contributed by atoms with Crippen LogP contribution in [0.15, 0.2) is 30.3 Å². The van der Waals surface area contributed by atoms with Crippen molar-refractivity contribution in [1.82, 2.24) is 0 Å². The Morgan fingerprint density at radius 1 is 0.765 bits per heavy atom. The van der Waals surface area contributed by atoms with Crippen LogP contribution in [0.5, 0.6) is 0 Å². The molecule has 0 aliphatic heterocycles. The van der Waals surface area contributed by atoms with Crippen LogP contribution in [0, 0.1) is 5.41 Å². The minimum atomic E-state index is -0.959. The highest BCUT2D eigenvalue weighted by atomic mass is 16.4. The number of benzene rings is 1. The number of nitrogens with two attached hydrogens (primary N) is 2. The van der Waals surface area contributed by atoms with Crippen molar-refractivity contribution in [2.45, 2.75) is 143 Å². The van der Waals surface area contributed by atoms with Crippen LogP contribution in [0.4, 0.5) is 0 Å². The van der Waals surface area contributed by atoms with Gasteiger partial charge in [0, 0.05) is 6.04 Å². The monoisotopic (exact) mass is 476 g/mol. The summed E-state index contributed by atoms with van der Waals surface area (Å²) >= 11 is 0. The minimum Gasteiger partial charge on any atom is -0.480 e. The zero-order valence-electron chi connectivity index (χ0n) is 22.9. The molecule has 5 N–H and O–H groups in total. The molecule has 1 aromatic rings. The van der Waals surface area contributed by atoms with Crippen molar-refractivity contribution in [2.24, 2.45) is 16.9 Å². The second-order valence-corrected chi connectivity index (χ2v) is 11.0. The zero-order chi connectivity index (χ0) is 25.7. The third kappa shape index (κ3) is 20.0. The fourth-order valence-electron chi connectivity index (χ4n) is 3.95. The molecule has 1 rings (SSSR count). The lowest BCUT2D eigenvalue weighted by Gasteiger charge is -2.26. The van der Waals surface area contributed by atoms with E-state index in [9.17, 15) is 4.79 Å². The van der Waals surface area contributed by atoms with E-state index in [0.717, 1.165) is 5.56 Å². The molecule has 198 valence electrons. The summed E-state index contributed by atoms with van der Waals surface area (Å²) in [4.78, 5) is 10.4. The standard InChI is InChI=1S/C21H45N.C9H11NO2/c1-5-6-7-8-9-10-11-12-13-14-15-16-17-18-19-20(22)21(2,3)4;10-8(9(11)12)6-7-4-2-1-3-5-7/h20H,5-19,22H2,1-4H3;1-5,8H,6,10H2,(H,11,12)/t;8-/m.0/s1. The van der Waals surface area contributed by atoms with Gasteiger partial charge in [-0.05, 0) is 23.8 Å². The summed E-state index contributed by atoms with van der Waals surface area (Å²) in [6.45, 7) is 9.05. The highest BCUT2D eigenvalue weighted by Gasteiger charge is 2.19.